The highest BCUT2D eigenvalue weighted by molar-refractivity contribution is 5.91. The fourth-order valence-electron chi connectivity index (χ4n) is 2.49. The molecule has 2 heterocycles. The minimum Gasteiger partial charge on any atom is -0.276 e. The number of hydrogen-bond donors (Lipinski definition) is 1. The summed E-state index contributed by atoms with van der Waals surface area (Å²) in [5, 5.41) is 6.36. The number of benzene rings is 2. The van der Waals surface area contributed by atoms with Gasteiger partial charge in [-0.25, -0.2) is 0 Å². The van der Waals surface area contributed by atoms with Gasteiger partial charge >= 0.3 is 0 Å². The smallest absolute Gasteiger partial charge is 0.109 e. The summed E-state index contributed by atoms with van der Waals surface area (Å²) in [6.45, 7) is 0. The van der Waals surface area contributed by atoms with Crippen molar-refractivity contribution in [3.05, 3.63) is 48.5 Å². The lowest BCUT2D eigenvalue weighted by Gasteiger charge is -2.28. The van der Waals surface area contributed by atoms with Crippen molar-refractivity contribution in [2.75, 3.05) is 27.7 Å². The van der Waals surface area contributed by atoms with Gasteiger partial charge in [0, 0.05) is 7.05 Å². The topological polar surface area (TPSA) is 21.8 Å². The number of nitrogens with one attached hydrogen (secondary N) is 1. The van der Waals surface area contributed by atoms with Crippen LogP contribution in [0, 0.1) is 0 Å². The van der Waals surface area contributed by atoms with E-state index in [0.717, 1.165) is 5.69 Å². The van der Waals surface area contributed by atoms with E-state index >= 15 is 0 Å². The summed E-state index contributed by atoms with van der Waals surface area (Å²) >= 11 is 0. The van der Waals surface area contributed by atoms with Crippen LogP contribution in [-0.4, -0.2) is 7.05 Å². The lowest BCUT2D eigenvalue weighted by atomic mass is 10.2. The Morgan fingerprint density at radius 1 is 0.824 bits per heavy atom. The molecule has 2 aliphatic heterocycles. The lowest BCUT2D eigenvalue weighted by molar-refractivity contribution is 0.839. The zero-order chi connectivity index (χ0) is 11.4. The minimum atomic E-state index is 1.13. The molecule has 0 bridgehead atoms. The molecule has 84 valence electrons. The third-order valence-electron chi connectivity index (χ3n) is 3.28. The lowest BCUT2D eigenvalue weighted by Crippen LogP contribution is -2.45. The van der Waals surface area contributed by atoms with Crippen LogP contribution in [0.3, 0.4) is 0 Å². The fourth-order valence-corrected chi connectivity index (χ4v) is 2.49. The summed E-state index contributed by atoms with van der Waals surface area (Å²) in [7, 11) is 2.07. The van der Waals surface area contributed by atoms with Gasteiger partial charge < -0.3 is 0 Å². The van der Waals surface area contributed by atoms with Gasteiger partial charge in [-0.3, -0.25) is 10.4 Å². The Morgan fingerprint density at radius 3 is 2.29 bits per heavy atom. The van der Waals surface area contributed by atoms with Crippen LogP contribution in [0.5, 0.6) is 0 Å². The zero-order valence-electron chi connectivity index (χ0n) is 9.46. The van der Waals surface area contributed by atoms with Crippen molar-refractivity contribution in [3.63, 3.8) is 0 Å². The van der Waals surface area contributed by atoms with Crippen LogP contribution in [0.15, 0.2) is 48.5 Å². The van der Waals surface area contributed by atoms with Crippen molar-refractivity contribution in [1.29, 1.82) is 0 Å². The number of hydrogen-bond acceptors (Lipinski definition) is 4. The first-order valence-electron chi connectivity index (χ1n) is 5.65. The molecule has 1 N–H and O–H groups in total. The number of para-hydroxylation sites is 4. The monoisotopic (exact) mass is 224 g/mol. The van der Waals surface area contributed by atoms with Crippen LogP contribution in [0.25, 0.3) is 0 Å². The molecule has 2 aromatic carbocycles. The molecule has 4 heteroatoms. The number of anilines is 4. The normalized spacial score (nSPS) is 15.5. The van der Waals surface area contributed by atoms with Crippen LogP contribution in [0.1, 0.15) is 0 Å². The minimum absolute atomic E-state index is 1.13. The van der Waals surface area contributed by atoms with E-state index in [1.807, 2.05) is 6.07 Å². The van der Waals surface area contributed by atoms with Crippen molar-refractivity contribution in [2.24, 2.45) is 0 Å². The first-order valence-corrected chi connectivity index (χ1v) is 5.65. The average molecular weight is 224 g/mol. The summed E-state index contributed by atoms with van der Waals surface area (Å²) in [6.07, 6.45) is 0. The summed E-state index contributed by atoms with van der Waals surface area (Å²) in [6, 6.07) is 16.7. The highest BCUT2D eigenvalue weighted by Crippen LogP contribution is 2.46. The number of hydrazine groups is 3. The molecule has 4 nitrogen and oxygen atoms in total. The van der Waals surface area contributed by atoms with E-state index in [1.54, 1.807) is 0 Å². The zero-order valence-corrected chi connectivity index (χ0v) is 9.46. The molecule has 0 unspecified atom stereocenters. The molecule has 0 saturated carbocycles. The number of nitrogens with zero attached hydrogens (tertiary/aromatic N) is 3. The van der Waals surface area contributed by atoms with E-state index in [1.165, 1.54) is 17.1 Å². The second-order valence-electron chi connectivity index (χ2n) is 4.24. The first kappa shape index (κ1) is 8.75. The third kappa shape index (κ3) is 0.970. The van der Waals surface area contributed by atoms with Gasteiger partial charge in [0.1, 0.15) is 11.4 Å². The summed E-state index contributed by atoms with van der Waals surface area (Å²) < 4.78 is 0. The Morgan fingerprint density at radius 2 is 1.47 bits per heavy atom. The van der Waals surface area contributed by atoms with Gasteiger partial charge in [0.2, 0.25) is 0 Å². The van der Waals surface area contributed by atoms with E-state index in [-0.39, 0.29) is 0 Å². The summed E-state index contributed by atoms with van der Waals surface area (Å²) in [4.78, 5) is 0. The van der Waals surface area contributed by atoms with Crippen molar-refractivity contribution in [1.82, 2.24) is 0 Å². The molecule has 0 saturated heterocycles. The van der Waals surface area contributed by atoms with E-state index in [4.69, 9.17) is 0 Å². The highest BCUT2D eigenvalue weighted by Gasteiger charge is 2.38. The molecular weight excluding hydrogens is 212 g/mol. The maximum absolute atomic E-state index is 3.40. The molecule has 0 radical (unpaired) electrons. The van der Waals surface area contributed by atoms with Crippen LogP contribution >= 0.6 is 0 Å². The fraction of sp³-hybridized carbons (Fsp3) is 0.0769. The Labute approximate surface area is 99.6 Å². The van der Waals surface area contributed by atoms with Crippen LogP contribution in [0.2, 0.25) is 0 Å². The van der Waals surface area contributed by atoms with E-state index in [2.05, 4.69) is 70.2 Å². The predicted molar refractivity (Wildman–Crippen MR) is 69.9 cm³/mol. The second-order valence-corrected chi connectivity index (χ2v) is 4.24. The second kappa shape index (κ2) is 2.85. The van der Waals surface area contributed by atoms with Crippen LogP contribution < -0.4 is 20.7 Å². The quantitative estimate of drug-likeness (QED) is 0.742. The molecule has 4 rings (SSSR count). The van der Waals surface area contributed by atoms with Gasteiger partial charge in [0.15, 0.2) is 0 Å². The van der Waals surface area contributed by atoms with Crippen LogP contribution in [-0.2, 0) is 0 Å². The van der Waals surface area contributed by atoms with Crippen molar-refractivity contribution < 1.29 is 0 Å². The maximum Gasteiger partial charge on any atom is 0.109 e. The molecular formula is C13H12N4. The van der Waals surface area contributed by atoms with Gasteiger partial charge in [0.05, 0.1) is 11.4 Å². The standard InChI is InChI=1S/C13H12N4/c1-15-12-8-4-5-9-13(12)16-14-10-6-2-3-7-11(10)17(15)16/h2-9,14H,1H3. The first-order chi connectivity index (χ1) is 8.36. The van der Waals surface area contributed by atoms with Gasteiger partial charge in [-0.1, -0.05) is 24.3 Å². The molecule has 0 spiro atoms. The highest BCUT2D eigenvalue weighted by atomic mass is 16.0. The van der Waals surface area contributed by atoms with E-state index in [9.17, 15) is 0 Å². The maximum atomic E-state index is 3.40. The molecule has 17 heavy (non-hydrogen) atoms. The summed E-state index contributed by atoms with van der Waals surface area (Å²) in [5.74, 6) is 0. The largest absolute Gasteiger partial charge is 0.276 e. The number of rotatable bonds is 0. The van der Waals surface area contributed by atoms with Crippen molar-refractivity contribution in [2.45, 2.75) is 0 Å². The van der Waals surface area contributed by atoms with Crippen molar-refractivity contribution in [3.8, 4) is 0 Å². The molecule has 0 aliphatic carbocycles. The van der Waals surface area contributed by atoms with Gasteiger partial charge in [-0.05, 0) is 24.3 Å². The molecule has 0 fully saturated rings. The Kier molecular flexibility index (Phi) is 1.47. The van der Waals surface area contributed by atoms with E-state index in [0.29, 0.717) is 0 Å². The molecule has 0 aromatic heterocycles. The third-order valence-corrected chi connectivity index (χ3v) is 3.28. The predicted octanol–water partition coefficient (Wildman–Crippen LogP) is 2.62. The van der Waals surface area contributed by atoms with Gasteiger partial charge in [0.25, 0.3) is 0 Å². The summed E-state index contributed by atoms with van der Waals surface area (Å²) in [5.41, 5.74) is 8.08. The Hall–Kier alpha value is -2.36. The average Bonchev–Trinajstić information content (AvgIpc) is 2.88. The van der Waals surface area contributed by atoms with Gasteiger partial charge in [-0.15, -0.1) is 0 Å². The molecule has 2 aromatic rings. The number of fused-ring (bicyclic) bond motifs is 5. The Balaban J connectivity index is 1.91. The van der Waals surface area contributed by atoms with Crippen LogP contribution in [0.4, 0.5) is 22.7 Å². The van der Waals surface area contributed by atoms with E-state index < -0.39 is 0 Å². The SMILES string of the molecule is CN1c2ccccc2N2Nc3ccccc3N12. The molecule has 0 atom stereocenters. The molecule has 2 aliphatic rings. The van der Waals surface area contributed by atoms with Crippen molar-refractivity contribution >= 4 is 22.7 Å². The Bertz CT molecular complexity index is 595. The van der Waals surface area contributed by atoms with Gasteiger partial charge in [-0.2, -0.15) is 10.2 Å². The molecule has 0 amide bonds.